The highest BCUT2D eigenvalue weighted by molar-refractivity contribution is 6.31. The first-order valence-corrected chi connectivity index (χ1v) is 9.29. The van der Waals surface area contributed by atoms with Gasteiger partial charge in [-0.1, -0.05) is 17.7 Å². The molecule has 2 heterocycles. The highest BCUT2D eigenvalue weighted by Gasteiger charge is 2.05. The Balaban J connectivity index is 1.51. The second kappa shape index (κ2) is 9.75. The monoisotopic (exact) mass is 398 g/mol. The largest absolute Gasteiger partial charge is 0.497 e. The SMILES string of the molecule is CN=C(NCCc1ccc(OC)cc1Cl)NCc1ccnc(-n2cccn2)c1. The van der Waals surface area contributed by atoms with Gasteiger partial charge in [-0.2, -0.15) is 5.10 Å². The summed E-state index contributed by atoms with van der Waals surface area (Å²) in [7, 11) is 3.38. The number of methoxy groups -OCH3 is 1. The molecular weight excluding hydrogens is 376 g/mol. The van der Waals surface area contributed by atoms with Crippen molar-refractivity contribution in [2.75, 3.05) is 20.7 Å². The van der Waals surface area contributed by atoms with Crippen LogP contribution >= 0.6 is 11.6 Å². The molecule has 0 aliphatic heterocycles. The molecule has 0 bridgehead atoms. The summed E-state index contributed by atoms with van der Waals surface area (Å²) in [5, 5.41) is 11.5. The zero-order valence-electron chi connectivity index (χ0n) is 15.9. The van der Waals surface area contributed by atoms with Crippen LogP contribution in [0.4, 0.5) is 0 Å². The first kappa shape index (κ1) is 19.7. The Morgan fingerprint density at radius 3 is 2.82 bits per heavy atom. The second-order valence-electron chi connectivity index (χ2n) is 6.03. The maximum atomic E-state index is 6.29. The van der Waals surface area contributed by atoms with Crippen molar-refractivity contribution in [1.29, 1.82) is 0 Å². The Bertz CT molecular complexity index is 926. The number of rotatable bonds is 7. The highest BCUT2D eigenvalue weighted by Crippen LogP contribution is 2.22. The predicted molar refractivity (Wildman–Crippen MR) is 111 cm³/mol. The second-order valence-corrected chi connectivity index (χ2v) is 6.44. The summed E-state index contributed by atoms with van der Waals surface area (Å²) in [5.41, 5.74) is 2.14. The molecule has 8 heteroatoms. The first-order valence-electron chi connectivity index (χ1n) is 8.91. The minimum absolute atomic E-state index is 0.625. The molecule has 3 rings (SSSR count). The van der Waals surface area contributed by atoms with Crippen molar-refractivity contribution in [3.05, 3.63) is 71.1 Å². The molecule has 0 fully saturated rings. The summed E-state index contributed by atoms with van der Waals surface area (Å²) in [4.78, 5) is 8.60. The maximum absolute atomic E-state index is 6.29. The first-order chi connectivity index (χ1) is 13.7. The van der Waals surface area contributed by atoms with Crippen molar-refractivity contribution in [3.63, 3.8) is 0 Å². The molecule has 0 atom stereocenters. The molecule has 28 heavy (non-hydrogen) atoms. The van der Waals surface area contributed by atoms with E-state index in [1.807, 2.05) is 42.6 Å². The number of hydrogen-bond acceptors (Lipinski definition) is 4. The zero-order chi connectivity index (χ0) is 19.8. The number of nitrogens with one attached hydrogen (secondary N) is 2. The minimum Gasteiger partial charge on any atom is -0.497 e. The summed E-state index contributed by atoms with van der Waals surface area (Å²) in [6, 6.07) is 11.5. The third kappa shape index (κ3) is 5.23. The molecule has 0 aliphatic rings. The molecule has 7 nitrogen and oxygen atoms in total. The fourth-order valence-electron chi connectivity index (χ4n) is 2.68. The summed E-state index contributed by atoms with van der Waals surface area (Å²) < 4.78 is 6.91. The van der Waals surface area contributed by atoms with Crippen LogP contribution in [0.1, 0.15) is 11.1 Å². The van der Waals surface area contributed by atoms with E-state index in [0.717, 1.165) is 35.1 Å². The third-order valence-corrected chi connectivity index (χ3v) is 4.53. The molecule has 2 N–H and O–H groups in total. The van der Waals surface area contributed by atoms with Gasteiger partial charge in [-0.15, -0.1) is 0 Å². The lowest BCUT2D eigenvalue weighted by Gasteiger charge is -2.13. The number of nitrogens with zero attached hydrogens (tertiary/aromatic N) is 4. The molecule has 0 unspecified atom stereocenters. The van der Waals surface area contributed by atoms with Gasteiger partial charge in [0.1, 0.15) is 5.75 Å². The van der Waals surface area contributed by atoms with E-state index in [2.05, 4.69) is 25.7 Å². The van der Waals surface area contributed by atoms with Crippen molar-refractivity contribution in [1.82, 2.24) is 25.4 Å². The summed E-state index contributed by atoms with van der Waals surface area (Å²) >= 11 is 6.29. The van der Waals surface area contributed by atoms with Crippen molar-refractivity contribution < 1.29 is 4.74 Å². The quantitative estimate of drug-likeness (QED) is 0.472. The van der Waals surface area contributed by atoms with Crippen molar-refractivity contribution >= 4 is 17.6 Å². The van der Waals surface area contributed by atoms with Gasteiger partial charge < -0.3 is 15.4 Å². The molecule has 0 saturated heterocycles. The zero-order valence-corrected chi connectivity index (χ0v) is 16.6. The molecule has 0 aliphatic carbocycles. The molecule has 0 radical (unpaired) electrons. The third-order valence-electron chi connectivity index (χ3n) is 4.18. The molecular formula is C20H23ClN6O. The fraction of sp³-hybridized carbons (Fsp3) is 0.250. The lowest BCUT2D eigenvalue weighted by atomic mass is 10.1. The Kier molecular flexibility index (Phi) is 6.86. The number of pyridine rings is 1. The molecule has 0 spiro atoms. The van der Waals surface area contributed by atoms with Crippen LogP contribution in [0.25, 0.3) is 5.82 Å². The van der Waals surface area contributed by atoms with Gasteiger partial charge in [-0.05, 0) is 47.9 Å². The van der Waals surface area contributed by atoms with Crippen LogP contribution in [0.5, 0.6) is 5.75 Å². The average molecular weight is 399 g/mol. The number of aliphatic imine (C=N–C) groups is 1. The number of hydrogen-bond donors (Lipinski definition) is 2. The van der Waals surface area contributed by atoms with E-state index < -0.39 is 0 Å². The van der Waals surface area contributed by atoms with Crippen LogP contribution in [-0.2, 0) is 13.0 Å². The van der Waals surface area contributed by atoms with E-state index >= 15 is 0 Å². The van der Waals surface area contributed by atoms with Gasteiger partial charge in [0.2, 0.25) is 0 Å². The van der Waals surface area contributed by atoms with E-state index in [9.17, 15) is 0 Å². The van der Waals surface area contributed by atoms with Gasteiger partial charge in [0.25, 0.3) is 0 Å². The van der Waals surface area contributed by atoms with Gasteiger partial charge in [0, 0.05) is 43.8 Å². The lowest BCUT2D eigenvalue weighted by molar-refractivity contribution is 0.414. The van der Waals surface area contributed by atoms with Crippen LogP contribution in [0.3, 0.4) is 0 Å². The van der Waals surface area contributed by atoms with Crippen molar-refractivity contribution in [2.45, 2.75) is 13.0 Å². The molecule has 146 valence electrons. The van der Waals surface area contributed by atoms with E-state index in [4.69, 9.17) is 16.3 Å². The number of benzene rings is 1. The van der Waals surface area contributed by atoms with E-state index in [1.165, 1.54) is 0 Å². The molecule has 3 aromatic rings. The topological polar surface area (TPSA) is 76.4 Å². The van der Waals surface area contributed by atoms with E-state index in [0.29, 0.717) is 18.1 Å². The van der Waals surface area contributed by atoms with Gasteiger partial charge in [0.15, 0.2) is 11.8 Å². The van der Waals surface area contributed by atoms with Crippen LogP contribution in [0.15, 0.2) is 60.0 Å². The molecule has 1 aromatic carbocycles. The summed E-state index contributed by atoms with van der Waals surface area (Å²) in [6.07, 6.45) is 6.15. The van der Waals surface area contributed by atoms with Crippen LogP contribution in [0.2, 0.25) is 5.02 Å². The Labute approximate surface area is 169 Å². The molecule has 0 saturated carbocycles. The maximum Gasteiger partial charge on any atom is 0.191 e. The van der Waals surface area contributed by atoms with Crippen molar-refractivity contribution in [2.24, 2.45) is 4.99 Å². The Morgan fingerprint density at radius 2 is 2.11 bits per heavy atom. The number of ether oxygens (including phenoxy) is 1. The number of guanidine groups is 1. The number of aromatic nitrogens is 3. The van der Waals surface area contributed by atoms with Crippen LogP contribution < -0.4 is 15.4 Å². The van der Waals surface area contributed by atoms with Crippen LogP contribution in [0, 0.1) is 0 Å². The molecule has 2 aromatic heterocycles. The Morgan fingerprint density at radius 1 is 1.21 bits per heavy atom. The van der Waals surface area contributed by atoms with Crippen molar-refractivity contribution in [3.8, 4) is 11.6 Å². The van der Waals surface area contributed by atoms with Gasteiger partial charge in [-0.25, -0.2) is 9.67 Å². The highest BCUT2D eigenvalue weighted by atomic mass is 35.5. The number of halogens is 1. The summed E-state index contributed by atoms with van der Waals surface area (Å²) in [5.74, 6) is 2.26. The smallest absolute Gasteiger partial charge is 0.191 e. The standard InChI is InChI=1S/C20H23ClN6O/c1-22-20(24-10-7-16-4-5-17(28-2)13-18(16)21)25-14-15-6-9-23-19(12-15)27-11-3-8-26-27/h3-6,8-9,11-13H,7,10,14H2,1-2H3,(H2,22,24,25). The Hall–Kier alpha value is -3.06. The van der Waals surface area contributed by atoms with E-state index in [1.54, 1.807) is 31.2 Å². The molecule has 0 amide bonds. The van der Waals surface area contributed by atoms with Crippen LogP contribution in [-0.4, -0.2) is 41.4 Å². The van der Waals surface area contributed by atoms with Gasteiger partial charge in [0.05, 0.1) is 7.11 Å². The lowest BCUT2D eigenvalue weighted by Crippen LogP contribution is -2.37. The normalized spacial score (nSPS) is 11.3. The van der Waals surface area contributed by atoms with E-state index in [-0.39, 0.29) is 0 Å². The fourth-order valence-corrected chi connectivity index (χ4v) is 2.94. The minimum atomic E-state index is 0.625. The average Bonchev–Trinajstić information content (AvgIpc) is 3.26. The van der Waals surface area contributed by atoms with Gasteiger partial charge >= 0.3 is 0 Å². The van der Waals surface area contributed by atoms with Gasteiger partial charge in [-0.3, -0.25) is 4.99 Å². The predicted octanol–water partition coefficient (Wildman–Crippen LogP) is 2.84. The summed E-state index contributed by atoms with van der Waals surface area (Å²) in [6.45, 7) is 1.33.